The van der Waals surface area contributed by atoms with E-state index in [1.54, 1.807) is 4.90 Å². The van der Waals surface area contributed by atoms with Gasteiger partial charge >= 0.3 is 0 Å². The molecule has 1 saturated heterocycles. The van der Waals surface area contributed by atoms with E-state index >= 15 is 0 Å². The van der Waals surface area contributed by atoms with E-state index in [1.807, 2.05) is 18.2 Å². The molecule has 18 heavy (non-hydrogen) atoms. The molecule has 1 aromatic carbocycles. The second-order valence-corrected chi connectivity index (χ2v) is 4.79. The molecule has 0 unspecified atom stereocenters. The Hall–Kier alpha value is -1.46. The van der Waals surface area contributed by atoms with Gasteiger partial charge in [0.15, 0.2) is 0 Å². The molecule has 3 rings (SSSR count). The third-order valence-electron chi connectivity index (χ3n) is 3.38. The van der Waals surface area contributed by atoms with E-state index in [0.717, 1.165) is 18.5 Å². The molecule has 0 radical (unpaired) electrons. The number of carbonyl (C=O) groups excluding carboxylic acids is 1. The summed E-state index contributed by atoms with van der Waals surface area (Å²) in [5, 5.41) is 3.56. The molecule has 0 aliphatic carbocycles. The van der Waals surface area contributed by atoms with Crippen molar-refractivity contribution < 1.29 is 9.53 Å². The van der Waals surface area contributed by atoms with Crippen molar-refractivity contribution in [3.05, 3.63) is 35.4 Å². The minimum absolute atomic E-state index is 0.00958. The first-order valence-corrected chi connectivity index (χ1v) is 6.47. The standard InChI is InChI=1S/C13H14N2O2S/c16-12(15-7-8-17-13(15)18)11-10-4-2-1-3-9(10)5-6-14-11/h1-4,11,14H,5-8H2/t11-/m0/s1. The van der Waals surface area contributed by atoms with Crippen molar-refractivity contribution in [2.75, 3.05) is 19.7 Å². The Kier molecular flexibility index (Phi) is 3.01. The van der Waals surface area contributed by atoms with Crippen molar-refractivity contribution >= 4 is 23.3 Å². The number of hydrogen-bond acceptors (Lipinski definition) is 4. The van der Waals surface area contributed by atoms with Crippen LogP contribution in [0.2, 0.25) is 0 Å². The van der Waals surface area contributed by atoms with Gasteiger partial charge in [-0.1, -0.05) is 24.3 Å². The highest BCUT2D eigenvalue weighted by Gasteiger charge is 2.34. The van der Waals surface area contributed by atoms with E-state index < -0.39 is 0 Å². The summed E-state index contributed by atoms with van der Waals surface area (Å²) < 4.78 is 5.17. The molecule has 5 heteroatoms. The van der Waals surface area contributed by atoms with Crippen LogP contribution in [0.1, 0.15) is 17.2 Å². The molecular weight excluding hydrogens is 248 g/mol. The molecule has 1 aromatic rings. The topological polar surface area (TPSA) is 41.6 Å². The lowest BCUT2D eigenvalue weighted by Crippen LogP contribution is -2.44. The largest absolute Gasteiger partial charge is 0.469 e. The highest BCUT2D eigenvalue weighted by molar-refractivity contribution is 7.80. The van der Waals surface area contributed by atoms with Gasteiger partial charge in [0.05, 0.1) is 6.54 Å². The van der Waals surface area contributed by atoms with E-state index in [0.29, 0.717) is 18.3 Å². The first-order valence-electron chi connectivity index (χ1n) is 6.06. The van der Waals surface area contributed by atoms with Gasteiger partial charge in [-0.25, -0.2) is 0 Å². The van der Waals surface area contributed by atoms with E-state index in [4.69, 9.17) is 17.0 Å². The molecule has 1 N–H and O–H groups in total. The van der Waals surface area contributed by atoms with Crippen LogP contribution in [0, 0.1) is 0 Å². The summed E-state index contributed by atoms with van der Waals surface area (Å²) in [7, 11) is 0. The monoisotopic (exact) mass is 262 g/mol. The van der Waals surface area contributed by atoms with Crippen molar-refractivity contribution in [3.8, 4) is 0 Å². The molecule has 1 atom stereocenters. The Bertz CT molecular complexity index is 504. The molecule has 2 heterocycles. The highest BCUT2D eigenvalue weighted by atomic mass is 32.1. The fourth-order valence-electron chi connectivity index (χ4n) is 2.47. The molecule has 1 amide bonds. The van der Waals surface area contributed by atoms with Gasteiger partial charge in [0.1, 0.15) is 12.6 Å². The second kappa shape index (κ2) is 4.66. The van der Waals surface area contributed by atoms with Crippen LogP contribution in [0.15, 0.2) is 24.3 Å². The van der Waals surface area contributed by atoms with Gasteiger partial charge in [0, 0.05) is 6.54 Å². The highest BCUT2D eigenvalue weighted by Crippen LogP contribution is 2.25. The first kappa shape index (κ1) is 11.6. The van der Waals surface area contributed by atoms with E-state index in [2.05, 4.69) is 11.4 Å². The number of amides is 1. The van der Waals surface area contributed by atoms with Crippen LogP contribution >= 0.6 is 12.2 Å². The van der Waals surface area contributed by atoms with Crippen molar-refractivity contribution in [3.63, 3.8) is 0 Å². The molecule has 0 bridgehead atoms. The molecule has 4 nitrogen and oxygen atoms in total. The number of thiocarbonyl (C=S) groups is 1. The molecular formula is C13H14N2O2S. The Labute approximate surface area is 111 Å². The van der Waals surface area contributed by atoms with E-state index in [-0.39, 0.29) is 11.9 Å². The number of ether oxygens (including phenoxy) is 1. The average molecular weight is 262 g/mol. The summed E-state index contributed by atoms with van der Waals surface area (Å²) in [4.78, 5) is 14.0. The van der Waals surface area contributed by atoms with Crippen LogP contribution in [0.25, 0.3) is 0 Å². The van der Waals surface area contributed by atoms with Crippen LogP contribution in [0.3, 0.4) is 0 Å². The van der Waals surface area contributed by atoms with Crippen LogP contribution in [0.4, 0.5) is 0 Å². The summed E-state index contributed by atoms with van der Waals surface area (Å²) in [6.07, 6.45) is 0.959. The van der Waals surface area contributed by atoms with Gasteiger partial charge in [0.2, 0.25) is 0 Å². The van der Waals surface area contributed by atoms with Crippen molar-refractivity contribution in [1.82, 2.24) is 10.2 Å². The van der Waals surface area contributed by atoms with Crippen molar-refractivity contribution in [2.45, 2.75) is 12.5 Å². The predicted octanol–water partition coefficient (Wildman–Crippen LogP) is 1.02. The Morgan fingerprint density at radius 2 is 2.28 bits per heavy atom. The number of fused-ring (bicyclic) bond motifs is 1. The minimum Gasteiger partial charge on any atom is -0.469 e. The second-order valence-electron chi connectivity index (χ2n) is 4.44. The number of carbonyl (C=O) groups is 1. The summed E-state index contributed by atoms with van der Waals surface area (Å²) in [6.45, 7) is 1.87. The first-order chi connectivity index (χ1) is 8.77. The molecule has 94 valence electrons. The van der Waals surface area contributed by atoms with Crippen LogP contribution < -0.4 is 5.32 Å². The van der Waals surface area contributed by atoms with Gasteiger partial charge < -0.3 is 10.1 Å². The maximum Gasteiger partial charge on any atom is 0.266 e. The minimum atomic E-state index is -0.297. The van der Waals surface area contributed by atoms with Crippen molar-refractivity contribution in [1.29, 1.82) is 0 Å². The van der Waals surface area contributed by atoms with Crippen molar-refractivity contribution in [2.24, 2.45) is 0 Å². The van der Waals surface area contributed by atoms with E-state index in [9.17, 15) is 4.79 Å². The van der Waals surface area contributed by atoms with Crippen LogP contribution in [-0.4, -0.2) is 35.7 Å². The van der Waals surface area contributed by atoms with Gasteiger partial charge in [0.25, 0.3) is 11.1 Å². The zero-order chi connectivity index (χ0) is 12.5. The third-order valence-corrected chi connectivity index (χ3v) is 3.72. The predicted molar refractivity (Wildman–Crippen MR) is 71.2 cm³/mol. The quantitative estimate of drug-likeness (QED) is 0.767. The lowest BCUT2D eigenvalue weighted by molar-refractivity contribution is -0.129. The molecule has 2 aliphatic heterocycles. The Morgan fingerprint density at radius 1 is 1.44 bits per heavy atom. The Morgan fingerprint density at radius 3 is 3.06 bits per heavy atom. The van der Waals surface area contributed by atoms with Gasteiger partial charge in [-0.05, 0) is 29.8 Å². The molecule has 1 fully saturated rings. The van der Waals surface area contributed by atoms with Gasteiger partial charge in [-0.3, -0.25) is 9.69 Å². The molecule has 2 aliphatic rings. The lowest BCUT2D eigenvalue weighted by Gasteiger charge is -2.28. The third kappa shape index (κ3) is 1.89. The van der Waals surface area contributed by atoms with Gasteiger partial charge in [-0.2, -0.15) is 0 Å². The average Bonchev–Trinajstić information content (AvgIpc) is 2.83. The maximum absolute atomic E-state index is 12.5. The number of hydrogen-bond donors (Lipinski definition) is 1. The van der Waals surface area contributed by atoms with Crippen LogP contribution in [0.5, 0.6) is 0 Å². The normalized spacial score (nSPS) is 22.6. The zero-order valence-corrected chi connectivity index (χ0v) is 10.7. The molecule has 0 aromatic heterocycles. The molecule has 0 saturated carbocycles. The summed E-state index contributed by atoms with van der Waals surface area (Å²) in [6, 6.07) is 7.76. The lowest BCUT2D eigenvalue weighted by atomic mass is 9.93. The fraction of sp³-hybridized carbons (Fsp3) is 0.385. The SMILES string of the molecule is O=C([C@H]1NCCc2ccccc21)N1CCOC1=S. The number of nitrogens with one attached hydrogen (secondary N) is 1. The number of rotatable bonds is 1. The van der Waals surface area contributed by atoms with E-state index in [1.165, 1.54) is 5.56 Å². The Balaban J connectivity index is 1.89. The maximum atomic E-state index is 12.5. The fourth-order valence-corrected chi connectivity index (χ4v) is 2.74. The summed E-state index contributed by atoms with van der Waals surface area (Å²) in [5.74, 6) is -0.00958. The number of benzene rings is 1. The smallest absolute Gasteiger partial charge is 0.266 e. The van der Waals surface area contributed by atoms with Crippen LogP contribution in [-0.2, 0) is 16.0 Å². The zero-order valence-electron chi connectivity index (χ0n) is 9.89. The number of nitrogens with zero attached hydrogens (tertiary/aromatic N) is 1. The molecule has 0 spiro atoms. The summed E-state index contributed by atoms with van der Waals surface area (Å²) in [5.41, 5.74) is 2.30. The summed E-state index contributed by atoms with van der Waals surface area (Å²) >= 11 is 5.04. The van der Waals surface area contributed by atoms with Gasteiger partial charge in [-0.15, -0.1) is 0 Å².